The Morgan fingerprint density at radius 3 is 2.55 bits per heavy atom. The zero-order valence-electron chi connectivity index (χ0n) is 12.2. The van der Waals surface area contributed by atoms with E-state index >= 15 is 0 Å². The Morgan fingerprint density at radius 2 is 1.95 bits per heavy atom. The van der Waals surface area contributed by atoms with Crippen molar-refractivity contribution in [2.24, 2.45) is 0 Å². The van der Waals surface area contributed by atoms with Crippen LogP contribution in [0.2, 0.25) is 0 Å². The van der Waals surface area contributed by atoms with Gasteiger partial charge in [0.2, 0.25) is 0 Å². The Kier molecular flexibility index (Phi) is 6.13. The normalized spacial score (nSPS) is 10.8. The number of carbonyl (C=O) groups is 1. The van der Waals surface area contributed by atoms with Gasteiger partial charge in [0, 0.05) is 29.3 Å². The number of anilines is 1. The van der Waals surface area contributed by atoms with Crippen molar-refractivity contribution in [2.45, 2.75) is 26.4 Å². The molecule has 112 valence electrons. The molecule has 0 radical (unpaired) electrons. The van der Waals surface area contributed by atoms with Gasteiger partial charge in [0.25, 0.3) is 0 Å². The lowest BCUT2D eigenvalue weighted by molar-refractivity contribution is 0.0530. The SMILES string of the molecule is COc1cc(Br)cc(NCCNC(=O)OC(C)(C)C)c1. The first-order valence-electron chi connectivity index (χ1n) is 6.35. The maximum absolute atomic E-state index is 11.4. The molecule has 0 spiro atoms. The number of halogens is 1. The smallest absolute Gasteiger partial charge is 0.407 e. The van der Waals surface area contributed by atoms with Gasteiger partial charge in [-0.05, 0) is 32.9 Å². The largest absolute Gasteiger partial charge is 0.497 e. The first-order valence-corrected chi connectivity index (χ1v) is 7.15. The Bertz CT molecular complexity index is 458. The molecule has 0 atom stereocenters. The highest BCUT2D eigenvalue weighted by molar-refractivity contribution is 9.10. The van der Waals surface area contributed by atoms with Crippen LogP contribution in [0.5, 0.6) is 5.75 Å². The number of alkyl carbamates (subject to hydrolysis) is 1. The van der Waals surface area contributed by atoms with Crippen LogP contribution in [0.1, 0.15) is 20.8 Å². The van der Waals surface area contributed by atoms with E-state index in [4.69, 9.17) is 9.47 Å². The number of rotatable bonds is 5. The van der Waals surface area contributed by atoms with Crippen LogP contribution in [0, 0.1) is 0 Å². The molecule has 0 saturated carbocycles. The Hall–Kier alpha value is -1.43. The van der Waals surface area contributed by atoms with E-state index in [-0.39, 0.29) is 0 Å². The minimum absolute atomic E-state index is 0.411. The quantitative estimate of drug-likeness (QED) is 0.803. The van der Waals surface area contributed by atoms with Crippen molar-refractivity contribution in [3.8, 4) is 5.75 Å². The summed E-state index contributed by atoms with van der Waals surface area (Å²) in [5.41, 5.74) is 0.442. The molecule has 0 aliphatic carbocycles. The van der Waals surface area contributed by atoms with Crippen molar-refractivity contribution < 1.29 is 14.3 Å². The lowest BCUT2D eigenvalue weighted by Gasteiger charge is -2.19. The third-order valence-electron chi connectivity index (χ3n) is 2.23. The highest BCUT2D eigenvalue weighted by Crippen LogP contribution is 2.24. The van der Waals surface area contributed by atoms with Gasteiger partial charge in [-0.15, -0.1) is 0 Å². The minimum atomic E-state index is -0.477. The highest BCUT2D eigenvalue weighted by Gasteiger charge is 2.15. The van der Waals surface area contributed by atoms with Crippen LogP contribution in [0.25, 0.3) is 0 Å². The Morgan fingerprint density at radius 1 is 1.25 bits per heavy atom. The van der Waals surface area contributed by atoms with Crippen LogP contribution in [0.15, 0.2) is 22.7 Å². The maximum atomic E-state index is 11.4. The average molecular weight is 345 g/mol. The number of hydrogen-bond donors (Lipinski definition) is 2. The van der Waals surface area contributed by atoms with Gasteiger partial charge < -0.3 is 20.1 Å². The maximum Gasteiger partial charge on any atom is 0.407 e. The molecule has 1 aromatic rings. The molecular weight excluding hydrogens is 324 g/mol. The highest BCUT2D eigenvalue weighted by atomic mass is 79.9. The summed E-state index contributed by atoms with van der Waals surface area (Å²) >= 11 is 3.41. The molecule has 5 nitrogen and oxygen atoms in total. The van der Waals surface area contributed by atoms with Gasteiger partial charge >= 0.3 is 6.09 Å². The van der Waals surface area contributed by atoms with Crippen LogP contribution >= 0.6 is 15.9 Å². The lowest BCUT2D eigenvalue weighted by Crippen LogP contribution is -2.34. The molecule has 0 fully saturated rings. The molecule has 0 aliphatic rings. The van der Waals surface area contributed by atoms with Crippen LogP contribution < -0.4 is 15.4 Å². The third-order valence-corrected chi connectivity index (χ3v) is 2.69. The number of carbonyl (C=O) groups excluding carboxylic acids is 1. The fourth-order valence-electron chi connectivity index (χ4n) is 1.47. The third kappa shape index (κ3) is 6.65. The van der Waals surface area contributed by atoms with E-state index in [9.17, 15) is 4.79 Å². The number of amides is 1. The summed E-state index contributed by atoms with van der Waals surface area (Å²) in [5, 5.41) is 5.88. The molecule has 0 bridgehead atoms. The summed E-state index contributed by atoms with van der Waals surface area (Å²) in [6.45, 7) is 6.57. The van der Waals surface area contributed by atoms with Crippen molar-refractivity contribution >= 4 is 27.7 Å². The van der Waals surface area contributed by atoms with Crippen molar-refractivity contribution in [3.63, 3.8) is 0 Å². The van der Waals surface area contributed by atoms with Crippen LogP contribution in [-0.2, 0) is 4.74 Å². The van der Waals surface area contributed by atoms with Crippen LogP contribution in [0.3, 0.4) is 0 Å². The van der Waals surface area contributed by atoms with Gasteiger partial charge in [0.1, 0.15) is 11.4 Å². The predicted octanol–water partition coefficient (Wildman–Crippen LogP) is 3.39. The molecule has 6 heteroatoms. The fourth-order valence-corrected chi connectivity index (χ4v) is 1.94. The summed E-state index contributed by atoms with van der Waals surface area (Å²) in [4.78, 5) is 11.4. The molecule has 0 unspecified atom stereocenters. The fraction of sp³-hybridized carbons (Fsp3) is 0.500. The monoisotopic (exact) mass is 344 g/mol. The first-order chi connectivity index (χ1) is 9.30. The number of hydrogen-bond acceptors (Lipinski definition) is 4. The Balaban J connectivity index is 2.34. The summed E-state index contributed by atoms with van der Waals surface area (Å²) in [5.74, 6) is 0.766. The average Bonchev–Trinajstić information content (AvgIpc) is 2.32. The van der Waals surface area contributed by atoms with Gasteiger partial charge in [-0.3, -0.25) is 0 Å². The number of nitrogens with one attached hydrogen (secondary N) is 2. The van der Waals surface area contributed by atoms with Crippen molar-refractivity contribution in [3.05, 3.63) is 22.7 Å². The number of methoxy groups -OCH3 is 1. The van der Waals surface area contributed by atoms with E-state index in [1.165, 1.54) is 0 Å². The zero-order valence-corrected chi connectivity index (χ0v) is 13.8. The van der Waals surface area contributed by atoms with E-state index in [1.54, 1.807) is 7.11 Å². The number of benzene rings is 1. The van der Waals surface area contributed by atoms with E-state index < -0.39 is 11.7 Å². The van der Waals surface area contributed by atoms with E-state index in [2.05, 4.69) is 26.6 Å². The second-order valence-corrected chi connectivity index (χ2v) is 6.15. The summed E-state index contributed by atoms with van der Waals surface area (Å²) in [6.07, 6.45) is -0.411. The molecule has 0 aromatic heterocycles. The van der Waals surface area contributed by atoms with Crippen molar-refractivity contribution in [2.75, 3.05) is 25.5 Å². The van der Waals surface area contributed by atoms with Gasteiger partial charge in [-0.2, -0.15) is 0 Å². The standard InChI is InChI=1S/C14H21BrN2O3/c1-14(2,3)20-13(18)17-6-5-16-11-7-10(15)8-12(9-11)19-4/h7-9,16H,5-6H2,1-4H3,(H,17,18). The predicted molar refractivity (Wildman–Crippen MR) is 83.4 cm³/mol. The van der Waals surface area contributed by atoms with Gasteiger partial charge in [-0.25, -0.2) is 4.79 Å². The Labute approximate surface area is 128 Å². The minimum Gasteiger partial charge on any atom is -0.497 e. The topological polar surface area (TPSA) is 59.6 Å². The molecule has 1 rings (SSSR count). The molecule has 0 heterocycles. The molecule has 2 N–H and O–H groups in total. The van der Waals surface area contributed by atoms with Gasteiger partial charge in [-0.1, -0.05) is 15.9 Å². The summed E-state index contributed by atoms with van der Waals surface area (Å²) < 4.78 is 11.2. The summed E-state index contributed by atoms with van der Waals surface area (Å²) in [7, 11) is 1.62. The molecule has 0 saturated heterocycles. The van der Waals surface area contributed by atoms with Gasteiger partial charge in [0.05, 0.1) is 7.11 Å². The van der Waals surface area contributed by atoms with E-state index in [1.807, 2.05) is 39.0 Å². The van der Waals surface area contributed by atoms with Gasteiger partial charge in [0.15, 0.2) is 0 Å². The molecule has 0 aliphatic heterocycles. The summed E-state index contributed by atoms with van der Waals surface area (Å²) in [6, 6.07) is 5.71. The molecule has 1 amide bonds. The van der Waals surface area contributed by atoms with Crippen LogP contribution in [-0.4, -0.2) is 31.9 Å². The second-order valence-electron chi connectivity index (χ2n) is 5.24. The number of ether oxygens (including phenoxy) is 2. The second kappa shape index (κ2) is 7.38. The molecule has 20 heavy (non-hydrogen) atoms. The van der Waals surface area contributed by atoms with Crippen molar-refractivity contribution in [1.29, 1.82) is 0 Å². The molecular formula is C14H21BrN2O3. The first kappa shape index (κ1) is 16.6. The lowest BCUT2D eigenvalue weighted by atomic mass is 10.2. The molecule has 1 aromatic carbocycles. The van der Waals surface area contributed by atoms with E-state index in [0.717, 1.165) is 15.9 Å². The van der Waals surface area contributed by atoms with Crippen LogP contribution in [0.4, 0.5) is 10.5 Å². The van der Waals surface area contributed by atoms with E-state index in [0.29, 0.717) is 13.1 Å². The van der Waals surface area contributed by atoms with Crippen molar-refractivity contribution in [1.82, 2.24) is 5.32 Å². The zero-order chi connectivity index (χ0) is 15.2.